The minimum Gasteiger partial charge on any atom is -0.399 e. The molecule has 1 heterocycles. The van der Waals surface area contributed by atoms with Crippen molar-refractivity contribution in [2.24, 2.45) is 11.8 Å². The number of rotatable bonds is 2. The first-order valence-corrected chi connectivity index (χ1v) is 7.61. The molecule has 2 aliphatic rings. The van der Waals surface area contributed by atoms with Crippen LogP contribution in [0.25, 0.3) is 11.1 Å². The molecule has 0 radical (unpaired) electrons. The van der Waals surface area contributed by atoms with Crippen LogP contribution in [0.3, 0.4) is 0 Å². The molecule has 0 amide bonds. The Bertz CT molecular complexity index is 699. The average Bonchev–Trinajstić information content (AvgIpc) is 3.09. The van der Waals surface area contributed by atoms with Crippen molar-refractivity contribution in [1.29, 1.82) is 0 Å². The van der Waals surface area contributed by atoms with Gasteiger partial charge in [0.05, 0.1) is 0 Å². The van der Waals surface area contributed by atoms with E-state index in [0.29, 0.717) is 24.4 Å². The molecule has 4 rings (SSSR count). The number of nitrogens with zero attached hydrogens (tertiary/aromatic N) is 2. The van der Waals surface area contributed by atoms with E-state index in [0.717, 1.165) is 17.5 Å². The first kappa shape index (κ1) is 13.6. The van der Waals surface area contributed by atoms with Crippen LogP contribution in [0.2, 0.25) is 0 Å². The number of hydrogen-bond donors (Lipinski definition) is 1. The van der Waals surface area contributed by atoms with Crippen LogP contribution in [0.1, 0.15) is 31.0 Å². The molecule has 2 saturated carbocycles. The zero-order valence-corrected chi connectivity index (χ0v) is 12.0. The van der Waals surface area contributed by atoms with Crippen LogP contribution in [0.4, 0.5) is 14.5 Å². The van der Waals surface area contributed by atoms with Crippen molar-refractivity contribution in [2.75, 3.05) is 5.73 Å². The molecule has 2 aromatic rings. The van der Waals surface area contributed by atoms with Gasteiger partial charge in [-0.2, -0.15) is 0 Å². The summed E-state index contributed by atoms with van der Waals surface area (Å²) in [4.78, 5) is 8.82. The molecule has 0 aliphatic heterocycles. The zero-order chi connectivity index (χ0) is 15.3. The van der Waals surface area contributed by atoms with Gasteiger partial charge in [-0.3, -0.25) is 0 Å². The van der Waals surface area contributed by atoms with Gasteiger partial charge in [-0.05, 0) is 37.0 Å². The second-order valence-corrected chi connectivity index (χ2v) is 6.35. The zero-order valence-electron chi connectivity index (χ0n) is 12.0. The van der Waals surface area contributed by atoms with Crippen LogP contribution >= 0.6 is 0 Å². The lowest BCUT2D eigenvalue weighted by Crippen LogP contribution is -2.10. The highest BCUT2D eigenvalue weighted by Gasteiger charge is 2.69. The van der Waals surface area contributed by atoms with Crippen LogP contribution < -0.4 is 5.73 Å². The lowest BCUT2D eigenvalue weighted by molar-refractivity contribution is 0.0847. The fraction of sp³-hybridized carbons (Fsp3) is 0.412. The average molecular weight is 301 g/mol. The van der Waals surface area contributed by atoms with Crippen molar-refractivity contribution in [3.05, 3.63) is 42.5 Å². The Balaban J connectivity index is 1.53. The van der Waals surface area contributed by atoms with E-state index < -0.39 is 17.8 Å². The van der Waals surface area contributed by atoms with E-state index in [-0.39, 0.29) is 5.92 Å². The molecule has 2 aliphatic carbocycles. The molecule has 22 heavy (non-hydrogen) atoms. The molecule has 1 aromatic carbocycles. The number of anilines is 1. The second kappa shape index (κ2) is 4.73. The SMILES string of the molecule is Nc1cccc(-c2cnc([C@@H]3CCC4C(C3)C4(F)F)nc2)c1. The number of benzene rings is 1. The van der Waals surface area contributed by atoms with Crippen molar-refractivity contribution in [2.45, 2.75) is 31.1 Å². The Morgan fingerprint density at radius 1 is 1.05 bits per heavy atom. The first-order chi connectivity index (χ1) is 10.6. The molecular weight excluding hydrogens is 284 g/mol. The Labute approximate surface area is 127 Å². The minimum absolute atomic E-state index is 0.0597. The summed E-state index contributed by atoms with van der Waals surface area (Å²) in [5, 5.41) is 0. The number of nitrogen functional groups attached to an aromatic ring is 1. The fourth-order valence-electron chi connectivity index (χ4n) is 3.63. The Morgan fingerprint density at radius 2 is 1.82 bits per heavy atom. The Morgan fingerprint density at radius 3 is 2.50 bits per heavy atom. The lowest BCUT2D eigenvalue weighted by Gasteiger charge is -2.18. The Kier molecular flexibility index (Phi) is 2.93. The predicted molar refractivity (Wildman–Crippen MR) is 80.4 cm³/mol. The van der Waals surface area contributed by atoms with Gasteiger partial charge in [0.15, 0.2) is 0 Å². The highest BCUT2D eigenvalue weighted by Crippen LogP contribution is 2.64. The van der Waals surface area contributed by atoms with Gasteiger partial charge in [-0.15, -0.1) is 0 Å². The number of alkyl halides is 2. The van der Waals surface area contributed by atoms with E-state index in [2.05, 4.69) is 9.97 Å². The maximum atomic E-state index is 13.5. The summed E-state index contributed by atoms with van der Waals surface area (Å²) in [5.41, 5.74) is 8.32. The molecule has 0 spiro atoms. The topological polar surface area (TPSA) is 51.8 Å². The molecule has 2 fully saturated rings. The van der Waals surface area contributed by atoms with Gasteiger partial charge < -0.3 is 5.73 Å². The molecule has 3 atom stereocenters. The third kappa shape index (κ3) is 2.16. The van der Waals surface area contributed by atoms with Gasteiger partial charge in [0.2, 0.25) is 0 Å². The summed E-state index contributed by atoms with van der Waals surface area (Å²) >= 11 is 0. The van der Waals surface area contributed by atoms with Gasteiger partial charge in [-0.25, -0.2) is 18.7 Å². The van der Waals surface area contributed by atoms with Crippen molar-refractivity contribution in [3.63, 3.8) is 0 Å². The quantitative estimate of drug-likeness (QED) is 0.857. The summed E-state index contributed by atoms with van der Waals surface area (Å²) < 4.78 is 26.9. The summed E-state index contributed by atoms with van der Waals surface area (Å²) in [6, 6.07) is 7.53. The molecule has 0 saturated heterocycles. The maximum absolute atomic E-state index is 13.5. The van der Waals surface area contributed by atoms with E-state index >= 15 is 0 Å². The molecule has 2 unspecified atom stereocenters. The van der Waals surface area contributed by atoms with Gasteiger partial charge in [0.1, 0.15) is 5.82 Å². The number of hydrogen-bond acceptors (Lipinski definition) is 3. The second-order valence-electron chi connectivity index (χ2n) is 6.35. The minimum atomic E-state index is -2.45. The normalized spacial score (nSPS) is 28.9. The number of fused-ring (bicyclic) bond motifs is 1. The molecule has 1 aromatic heterocycles. The standard InChI is InChI=1S/C17H17F2N3/c18-17(19)14-5-4-11(7-15(14)17)16-21-8-12(9-22-16)10-2-1-3-13(20)6-10/h1-3,6,8-9,11,14-15H,4-5,7,20H2/t11-,14?,15?/m1/s1. The van der Waals surface area contributed by atoms with Crippen molar-refractivity contribution >= 4 is 5.69 Å². The fourth-order valence-corrected chi connectivity index (χ4v) is 3.63. The van der Waals surface area contributed by atoms with Gasteiger partial charge in [0.25, 0.3) is 5.92 Å². The highest BCUT2D eigenvalue weighted by molar-refractivity contribution is 5.65. The number of halogens is 2. The first-order valence-electron chi connectivity index (χ1n) is 7.61. The molecule has 5 heteroatoms. The Hall–Kier alpha value is -2.04. The lowest BCUT2D eigenvalue weighted by atomic mass is 9.88. The number of nitrogens with two attached hydrogens (primary N) is 1. The van der Waals surface area contributed by atoms with Gasteiger partial charge in [0, 0.05) is 41.4 Å². The third-order valence-electron chi connectivity index (χ3n) is 4.99. The van der Waals surface area contributed by atoms with Crippen molar-refractivity contribution in [1.82, 2.24) is 9.97 Å². The predicted octanol–water partition coefficient (Wildman–Crippen LogP) is 3.87. The van der Waals surface area contributed by atoms with E-state index in [1.165, 1.54) is 0 Å². The summed E-state index contributed by atoms with van der Waals surface area (Å²) in [6.07, 6.45) is 5.37. The van der Waals surface area contributed by atoms with Gasteiger partial charge in [-0.1, -0.05) is 12.1 Å². The van der Waals surface area contributed by atoms with Crippen LogP contribution in [-0.2, 0) is 0 Å². The summed E-state index contributed by atoms with van der Waals surface area (Å²) in [7, 11) is 0. The van der Waals surface area contributed by atoms with Crippen LogP contribution in [0, 0.1) is 11.8 Å². The molecule has 2 N–H and O–H groups in total. The largest absolute Gasteiger partial charge is 0.399 e. The highest BCUT2D eigenvalue weighted by atomic mass is 19.3. The maximum Gasteiger partial charge on any atom is 0.254 e. The molecule has 3 nitrogen and oxygen atoms in total. The van der Waals surface area contributed by atoms with Crippen LogP contribution in [0.5, 0.6) is 0 Å². The molecule has 114 valence electrons. The number of aromatic nitrogens is 2. The molecular formula is C17H17F2N3. The summed E-state index contributed by atoms with van der Waals surface area (Å²) in [5.74, 6) is -2.55. The monoisotopic (exact) mass is 301 g/mol. The van der Waals surface area contributed by atoms with Crippen molar-refractivity contribution in [3.8, 4) is 11.1 Å². The van der Waals surface area contributed by atoms with Crippen molar-refractivity contribution < 1.29 is 8.78 Å². The van der Waals surface area contributed by atoms with E-state index in [9.17, 15) is 8.78 Å². The smallest absolute Gasteiger partial charge is 0.254 e. The van der Waals surface area contributed by atoms with E-state index in [4.69, 9.17) is 5.73 Å². The third-order valence-corrected chi connectivity index (χ3v) is 4.99. The molecule has 0 bridgehead atoms. The van der Waals surface area contributed by atoms with E-state index in [1.807, 2.05) is 24.3 Å². The van der Waals surface area contributed by atoms with Gasteiger partial charge >= 0.3 is 0 Å². The van der Waals surface area contributed by atoms with Crippen LogP contribution in [-0.4, -0.2) is 15.9 Å². The van der Waals surface area contributed by atoms with E-state index in [1.54, 1.807) is 12.4 Å². The van der Waals surface area contributed by atoms with Crippen LogP contribution in [0.15, 0.2) is 36.7 Å². The summed E-state index contributed by atoms with van der Waals surface area (Å²) in [6.45, 7) is 0.